The van der Waals surface area contributed by atoms with Crippen LogP contribution >= 0.6 is 23.2 Å². The Bertz CT molecular complexity index is 1340. The number of hydrogen-bond acceptors (Lipinski definition) is 8. The van der Waals surface area contributed by atoms with Gasteiger partial charge < -0.3 is 15.8 Å². The second-order valence-electron chi connectivity index (χ2n) is 7.02. The highest BCUT2D eigenvalue weighted by molar-refractivity contribution is 6.35. The van der Waals surface area contributed by atoms with E-state index in [1.807, 2.05) is 6.07 Å². The Morgan fingerprint density at radius 3 is 2.70 bits per heavy atom. The summed E-state index contributed by atoms with van der Waals surface area (Å²) in [7, 11) is 0. The van der Waals surface area contributed by atoms with Crippen molar-refractivity contribution in [3.63, 3.8) is 0 Å². The molecule has 0 spiro atoms. The number of nitrogen functional groups attached to an aromatic ring is 1. The topological polar surface area (TPSA) is 121 Å². The molecule has 0 amide bonds. The number of hydrogen-bond donors (Lipinski definition) is 2. The third-order valence-corrected chi connectivity index (χ3v) is 5.21. The van der Waals surface area contributed by atoms with Gasteiger partial charge in [-0.1, -0.05) is 29.3 Å². The van der Waals surface area contributed by atoms with E-state index in [9.17, 15) is 4.79 Å². The maximum atomic E-state index is 12.3. The van der Waals surface area contributed by atoms with Gasteiger partial charge in [0.15, 0.2) is 5.82 Å². The Hall–Kier alpha value is -3.69. The number of pyridine rings is 1. The first kappa shape index (κ1) is 22.5. The van der Waals surface area contributed by atoms with Gasteiger partial charge in [0.2, 0.25) is 5.88 Å². The number of nitrogens with one attached hydrogen (secondary N) is 1. The Kier molecular flexibility index (Phi) is 6.71. The minimum absolute atomic E-state index is 0.151. The van der Waals surface area contributed by atoms with Gasteiger partial charge in [-0.2, -0.15) is 4.98 Å². The molecular weight excluding hydrogens is 465 g/mol. The molecule has 9 nitrogen and oxygen atoms in total. The molecular formula is C22H19Cl2N7O2. The van der Waals surface area contributed by atoms with Crippen LogP contribution < -0.4 is 21.5 Å². The van der Waals surface area contributed by atoms with Crippen molar-refractivity contribution in [3.05, 3.63) is 86.9 Å². The lowest BCUT2D eigenvalue weighted by atomic mass is 10.2. The molecule has 3 N–H and O–H groups in total. The summed E-state index contributed by atoms with van der Waals surface area (Å²) >= 11 is 12.0. The summed E-state index contributed by atoms with van der Waals surface area (Å²) < 4.78 is 7.07. The first-order valence-corrected chi connectivity index (χ1v) is 10.6. The Morgan fingerprint density at radius 1 is 1.12 bits per heavy atom. The van der Waals surface area contributed by atoms with E-state index in [4.69, 9.17) is 33.7 Å². The summed E-state index contributed by atoms with van der Waals surface area (Å²) in [6.45, 7) is 2.34. The molecule has 0 aliphatic carbocycles. The van der Waals surface area contributed by atoms with Gasteiger partial charge in [0.1, 0.15) is 23.6 Å². The third-order valence-electron chi connectivity index (χ3n) is 4.68. The fourth-order valence-electron chi connectivity index (χ4n) is 3.09. The van der Waals surface area contributed by atoms with Gasteiger partial charge in [0.05, 0.1) is 10.7 Å². The molecule has 0 fully saturated rings. The van der Waals surface area contributed by atoms with E-state index in [1.54, 1.807) is 49.6 Å². The van der Waals surface area contributed by atoms with Crippen LogP contribution in [-0.4, -0.2) is 31.0 Å². The average molecular weight is 484 g/mol. The molecule has 168 valence electrons. The fraction of sp³-hybridized carbons (Fsp3) is 0.136. The second-order valence-corrected chi connectivity index (χ2v) is 7.86. The van der Waals surface area contributed by atoms with Crippen LogP contribution in [0.1, 0.15) is 11.3 Å². The molecule has 3 aromatic heterocycles. The molecule has 0 atom stereocenters. The molecule has 1 aromatic carbocycles. The first-order chi connectivity index (χ1) is 15.9. The van der Waals surface area contributed by atoms with E-state index < -0.39 is 5.69 Å². The van der Waals surface area contributed by atoms with Crippen LogP contribution in [0.3, 0.4) is 0 Å². The lowest BCUT2D eigenvalue weighted by Gasteiger charge is -2.14. The molecule has 0 aliphatic rings. The normalized spacial score (nSPS) is 10.8. The van der Waals surface area contributed by atoms with Crippen molar-refractivity contribution in [2.75, 3.05) is 17.6 Å². The van der Waals surface area contributed by atoms with E-state index in [0.29, 0.717) is 51.8 Å². The van der Waals surface area contributed by atoms with E-state index in [-0.39, 0.29) is 5.82 Å². The Balaban J connectivity index is 1.43. The minimum Gasteiger partial charge on any atom is -0.437 e. The molecule has 4 aromatic rings. The van der Waals surface area contributed by atoms with Gasteiger partial charge in [0.25, 0.3) is 0 Å². The predicted octanol–water partition coefficient (Wildman–Crippen LogP) is 4.06. The summed E-state index contributed by atoms with van der Waals surface area (Å²) in [4.78, 5) is 28.9. The molecule has 0 saturated heterocycles. The van der Waals surface area contributed by atoms with Crippen LogP contribution in [0.15, 0.2) is 59.9 Å². The zero-order valence-electron chi connectivity index (χ0n) is 17.5. The monoisotopic (exact) mass is 483 g/mol. The van der Waals surface area contributed by atoms with Crippen LogP contribution in [0.5, 0.6) is 11.6 Å². The Morgan fingerprint density at radius 2 is 1.97 bits per heavy atom. The molecule has 3 heterocycles. The number of aryl methyl sites for hydroxylation is 1. The fourth-order valence-corrected chi connectivity index (χ4v) is 3.53. The summed E-state index contributed by atoms with van der Waals surface area (Å²) in [6, 6.07) is 10.2. The van der Waals surface area contributed by atoms with Crippen LogP contribution in [0, 0.1) is 6.92 Å². The molecule has 0 bridgehead atoms. The minimum atomic E-state index is -0.503. The quantitative estimate of drug-likeness (QED) is 0.403. The van der Waals surface area contributed by atoms with Crippen molar-refractivity contribution in [2.24, 2.45) is 0 Å². The first-order valence-electron chi connectivity index (χ1n) is 9.89. The number of rotatable bonds is 7. The lowest BCUT2D eigenvalue weighted by molar-refractivity contribution is 0.463. The molecule has 33 heavy (non-hydrogen) atoms. The summed E-state index contributed by atoms with van der Waals surface area (Å²) in [6.07, 6.45) is 5.37. The summed E-state index contributed by atoms with van der Waals surface area (Å²) in [5.41, 5.74) is 7.23. The largest absolute Gasteiger partial charge is 0.437 e. The number of halogens is 2. The molecule has 4 rings (SSSR count). The van der Waals surface area contributed by atoms with Crippen molar-refractivity contribution in [1.82, 2.24) is 24.5 Å². The number of nitrogens with two attached hydrogens (primary N) is 1. The highest BCUT2D eigenvalue weighted by Gasteiger charge is 2.13. The SMILES string of the molecule is Cc1ncnc(NCCc2ccc(Oc3ccc(Cl)cc3Cl)nc2)c1-n1ccc(N)nc1=O. The van der Waals surface area contributed by atoms with Crippen LogP contribution in [-0.2, 0) is 6.42 Å². The average Bonchev–Trinajstić information content (AvgIpc) is 2.78. The molecule has 0 aliphatic heterocycles. The zero-order valence-corrected chi connectivity index (χ0v) is 19.0. The maximum Gasteiger partial charge on any atom is 0.354 e. The van der Waals surface area contributed by atoms with Crippen molar-refractivity contribution in [3.8, 4) is 17.3 Å². The lowest BCUT2D eigenvalue weighted by Crippen LogP contribution is -2.24. The zero-order chi connectivity index (χ0) is 23.4. The molecule has 0 unspecified atom stereocenters. The predicted molar refractivity (Wildman–Crippen MR) is 128 cm³/mol. The third kappa shape index (κ3) is 5.39. The van der Waals surface area contributed by atoms with Gasteiger partial charge in [-0.25, -0.2) is 19.7 Å². The maximum absolute atomic E-state index is 12.3. The van der Waals surface area contributed by atoms with Gasteiger partial charge in [-0.15, -0.1) is 0 Å². The number of benzene rings is 1. The van der Waals surface area contributed by atoms with Crippen molar-refractivity contribution in [1.29, 1.82) is 0 Å². The van der Waals surface area contributed by atoms with E-state index in [0.717, 1.165) is 5.56 Å². The Labute approximate surface area is 199 Å². The summed E-state index contributed by atoms with van der Waals surface area (Å²) in [5.74, 6) is 1.56. The van der Waals surface area contributed by atoms with Crippen molar-refractivity contribution in [2.45, 2.75) is 13.3 Å². The van der Waals surface area contributed by atoms with Gasteiger partial charge in [-0.3, -0.25) is 4.57 Å². The van der Waals surface area contributed by atoms with Crippen molar-refractivity contribution >= 4 is 34.8 Å². The van der Waals surface area contributed by atoms with Gasteiger partial charge >= 0.3 is 5.69 Å². The number of ether oxygens (including phenoxy) is 1. The van der Waals surface area contributed by atoms with Crippen LogP contribution in [0.4, 0.5) is 11.6 Å². The van der Waals surface area contributed by atoms with Crippen molar-refractivity contribution < 1.29 is 4.74 Å². The van der Waals surface area contributed by atoms with E-state index in [2.05, 4.69) is 25.3 Å². The number of aromatic nitrogens is 5. The molecule has 11 heteroatoms. The van der Waals surface area contributed by atoms with Crippen LogP contribution in [0.25, 0.3) is 5.69 Å². The smallest absolute Gasteiger partial charge is 0.354 e. The standard InChI is InChI=1S/C22H19Cl2N7O2/c1-13-20(31-9-7-18(25)30-22(31)32)21(29-12-28-13)26-8-6-14-2-5-19(27-11-14)33-17-4-3-15(23)10-16(17)24/h2-5,7,9-12H,6,8H2,1H3,(H2,25,30,32)(H,26,28,29). The number of anilines is 2. The van der Waals surface area contributed by atoms with E-state index >= 15 is 0 Å². The van der Waals surface area contributed by atoms with E-state index in [1.165, 1.54) is 10.9 Å². The highest BCUT2D eigenvalue weighted by atomic mass is 35.5. The summed E-state index contributed by atoms with van der Waals surface area (Å²) in [5, 5.41) is 4.19. The highest BCUT2D eigenvalue weighted by Crippen LogP contribution is 2.30. The number of nitrogens with zero attached hydrogens (tertiary/aromatic N) is 5. The second kappa shape index (κ2) is 9.85. The van der Waals surface area contributed by atoms with Gasteiger partial charge in [-0.05, 0) is 43.2 Å². The molecule has 0 radical (unpaired) electrons. The van der Waals surface area contributed by atoms with Crippen LogP contribution in [0.2, 0.25) is 10.0 Å². The van der Waals surface area contributed by atoms with Gasteiger partial charge in [0, 0.05) is 30.0 Å². The molecule has 0 saturated carbocycles.